The van der Waals surface area contributed by atoms with Crippen molar-refractivity contribution in [2.24, 2.45) is 5.73 Å². The Morgan fingerprint density at radius 2 is 1.85 bits per heavy atom. The molecule has 0 aliphatic carbocycles. The Labute approximate surface area is 153 Å². The molecular formula is C16H15N3O5S2. The zero-order valence-corrected chi connectivity index (χ0v) is 15.2. The Bertz CT molecular complexity index is 1130. The van der Waals surface area contributed by atoms with Gasteiger partial charge in [-0.2, -0.15) is 0 Å². The fourth-order valence-electron chi connectivity index (χ4n) is 2.47. The molecule has 0 saturated carbocycles. The van der Waals surface area contributed by atoms with Gasteiger partial charge >= 0.3 is 0 Å². The molecule has 26 heavy (non-hydrogen) atoms. The van der Waals surface area contributed by atoms with Gasteiger partial charge in [-0.1, -0.05) is 0 Å². The molecule has 0 radical (unpaired) electrons. The van der Waals surface area contributed by atoms with Crippen molar-refractivity contribution in [3.8, 4) is 11.5 Å². The number of rotatable bonds is 6. The molecule has 0 aliphatic heterocycles. The first-order valence-electron chi connectivity index (χ1n) is 7.38. The molecule has 3 aromatic rings. The fourth-order valence-corrected chi connectivity index (χ4v) is 4.26. The molecule has 4 N–H and O–H groups in total. The van der Waals surface area contributed by atoms with E-state index in [9.17, 15) is 13.2 Å². The summed E-state index contributed by atoms with van der Waals surface area (Å²) in [6.45, 7) is -0.293. The van der Waals surface area contributed by atoms with Crippen LogP contribution in [0.4, 0.5) is 0 Å². The number of benzene rings is 2. The van der Waals surface area contributed by atoms with Crippen molar-refractivity contribution in [3.63, 3.8) is 0 Å². The normalized spacial score (nSPS) is 11.4. The van der Waals surface area contributed by atoms with E-state index in [0.29, 0.717) is 21.6 Å². The zero-order chi connectivity index (χ0) is 18.9. The van der Waals surface area contributed by atoms with E-state index in [1.54, 1.807) is 12.1 Å². The van der Waals surface area contributed by atoms with Crippen LogP contribution in [0.2, 0.25) is 0 Å². The number of nitrogens with two attached hydrogens (primary N) is 1. The molecule has 0 unspecified atom stereocenters. The number of fused-ring (bicyclic) bond motifs is 1. The average molecular weight is 393 g/mol. The van der Waals surface area contributed by atoms with Crippen LogP contribution < -0.4 is 15.2 Å². The number of sulfone groups is 1. The van der Waals surface area contributed by atoms with Gasteiger partial charge in [0.15, 0.2) is 11.4 Å². The summed E-state index contributed by atoms with van der Waals surface area (Å²) in [4.78, 5) is 16.5. The number of carbonyl (C=O) groups excluding carboxylic acids is 1. The number of H-pyrrole nitrogens is 2. The number of aromatic nitrogens is 2. The third-order valence-corrected chi connectivity index (χ3v) is 5.65. The Hall–Kier alpha value is -2.85. The number of ether oxygens (including phenoxy) is 2. The van der Waals surface area contributed by atoms with Gasteiger partial charge in [-0.3, -0.25) is 4.79 Å². The first-order chi connectivity index (χ1) is 12.3. The summed E-state index contributed by atoms with van der Waals surface area (Å²) in [6, 6.07) is 8.89. The van der Waals surface area contributed by atoms with Crippen LogP contribution in [0.3, 0.4) is 0 Å². The summed E-state index contributed by atoms with van der Waals surface area (Å²) in [5.74, 6) is -0.105. The lowest BCUT2D eigenvalue weighted by Gasteiger charge is -2.11. The monoisotopic (exact) mass is 393 g/mol. The van der Waals surface area contributed by atoms with E-state index < -0.39 is 15.7 Å². The van der Waals surface area contributed by atoms with Gasteiger partial charge in [0, 0.05) is 0 Å². The maximum Gasteiger partial charge on any atom is 0.255 e. The second-order valence-electron chi connectivity index (χ2n) is 5.33. The van der Waals surface area contributed by atoms with Gasteiger partial charge in [0.2, 0.25) is 9.84 Å². The molecule has 0 bridgehead atoms. The van der Waals surface area contributed by atoms with E-state index in [-0.39, 0.29) is 22.1 Å². The van der Waals surface area contributed by atoms with Crippen molar-refractivity contribution in [2.45, 2.75) is 9.79 Å². The van der Waals surface area contributed by atoms with Gasteiger partial charge in [0.05, 0.1) is 23.0 Å². The lowest BCUT2D eigenvalue weighted by atomic mass is 10.3. The van der Waals surface area contributed by atoms with E-state index >= 15 is 0 Å². The minimum atomic E-state index is -3.91. The van der Waals surface area contributed by atoms with Crippen molar-refractivity contribution >= 4 is 39.0 Å². The predicted molar refractivity (Wildman–Crippen MR) is 96.6 cm³/mol. The second kappa shape index (κ2) is 6.81. The van der Waals surface area contributed by atoms with Crippen molar-refractivity contribution in [1.82, 2.24) is 9.97 Å². The summed E-state index contributed by atoms with van der Waals surface area (Å²) in [5, 5.41) is 0. The first-order valence-corrected chi connectivity index (χ1v) is 9.27. The Morgan fingerprint density at radius 1 is 1.15 bits per heavy atom. The maximum atomic E-state index is 13.2. The number of hydrogen-bond acceptors (Lipinski definition) is 6. The number of primary amides is 1. The largest absolute Gasteiger partial charge is 0.495 e. The molecule has 1 heterocycles. The molecule has 0 atom stereocenters. The number of nitrogens with one attached hydrogen (secondary N) is 2. The van der Waals surface area contributed by atoms with E-state index in [4.69, 9.17) is 27.4 Å². The Morgan fingerprint density at radius 3 is 2.46 bits per heavy atom. The van der Waals surface area contributed by atoms with Gasteiger partial charge in [-0.15, -0.1) is 0 Å². The van der Waals surface area contributed by atoms with Crippen LogP contribution in [-0.4, -0.2) is 38.0 Å². The van der Waals surface area contributed by atoms with Gasteiger partial charge in [-0.25, -0.2) is 8.42 Å². The van der Waals surface area contributed by atoms with E-state index in [2.05, 4.69) is 9.97 Å². The van der Waals surface area contributed by atoms with Crippen molar-refractivity contribution in [2.75, 3.05) is 13.7 Å². The molecule has 0 spiro atoms. The van der Waals surface area contributed by atoms with E-state index in [1.807, 2.05) is 0 Å². The highest BCUT2D eigenvalue weighted by molar-refractivity contribution is 7.91. The zero-order valence-electron chi connectivity index (χ0n) is 13.6. The minimum absolute atomic E-state index is 0.0179. The second-order valence-corrected chi connectivity index (χ2v) is 7.62. The number of aromatic amines is 2. The molecule has 1 aromatic heterocycles. The number of hydrogen-bond donors (Lipinski definition) is 3. The van der Waals surface area contributed by atoms with Crippen molar-refractivity contribution in [3.05, 3.63) is 41.2 Å². The standard InChI is InChI=1S/C16H15N3O5S2/c1-23-12-7-6-11-14(19-16(25)18-11)15(12)26(21,22)10-4-2-9(3-5-10)24-8-13(17)20/h2-7H,8H2,1H3,(H2,17,20)(H2,18,19,25). The molecule has 1 amide bonds. The van der Waals surface area contributed by atoms with E-state index in [0.717, 1.165) is 0 Å². The van der Waals surface area contributed by atoms with Gasteiger partial charge < -0.3 is 25.2 Å². The molecule has 10 heteroatoms. The summed E-state index contributed by atoms with van der Waals surface area (Å²) < 4.78 is 37.0. The molecule has 3 rings (SSSR count). The summed E-state index contributed by atoms with van der Waals surface area (Å²) in [5.41, 5.74) is 5.90. The molecule has 0 saturated heterocycles. The number of amides is 1. The quantitative estimate of drug-likeness (QED) is 0.549. The van der Waals surface area contributed by atoms with Crippen molar-refractivity contribution in [1.29, 1.82) is 0 Å². The Balaban J connectivity index is 2.09. The van der Waals surface area contributed by atoms with Gasteiger partial charge in [0.1, 0.15) is 16.4 Å². The number of methoxy groups -OCH3 is 1. The Kier molecular flexibility index (Phi) is 4.70. The third-order valence-electron chi connectivity index (χ3n) is 3.61. The summed E-state index contributed by atoms with van der Waals surface area (Å²) in [7, 11) is -2.52. The summed E-state index contributed by atoms with van der Waals surface area (Å²) >= 11 is 5.06. The lowest BCUT2D eigenvalue weighted by molar-refractivity contribution is -0.119. The minimum Gasteiger partial charge on any atom is -0.495 e. The van der Waals surface area contributed by atoms with Crippen LogP contribution in [0.1, 0.15) is 0 Å². The maximum absolute atomic E-state index is 13.2. The molecule has 8 nitrogen and oxygen atoms in total. The van der Waals surface area contributed by atoms with Crippen LogP contribution in [0, 0.1) is 4.77 Å². The highest BCUT2D eigenvalue weighted by Gasteiger charge is 2.26. The summed E-state index contributed by atoms with van der Waals surface area (Å²) in [6.07, 6.45) is 0. The smallest absolute Gasteiger partial charge is 0.255 e. The molecule has 136 valence electrons. The van der Waals surface area contributed by atoms with Crippen LogP contribution in [0.5, 0.6) is 11.5 Å². The van der Waals surface area contributed by atoms with Crippen LogP contribution in [0.15, 0.2) is 46.2 Å². The molecule has 0 aliphatic rings. The highest BCUT2D eigenvalue weighted by atomic mass is 32.2. The third kappa shape index (κ3) is 3.28. The molecule has 0 fully saturated rings. The van der Waals surface area contributed by atoms with Gasteiger partial charge in [-0.05, 0) is 48.6 Å². The fraction of sp³-hybridized carbons (Fsp3) is 0.125. The van der Waals surface area contributed by atoms with Gasteiger partial charge in [0.25, 0.3) is 5.91 Å². The number of carbonyl (C=O) groups is 1. The number of imidazole rings is 1. The average Bonchev–Trinajstić information content (AvgIpc) is 2.99. The van der Waals surface area contributed by atoms with E-state index in [1.165, 1.54) is 31.4 Å². The molecule has 2 aromatic carbocycles. The highest BCUT2D eigenvalue weighted by Crippen LogP contribution is 2.35. The van der Waals surface area contributed by atoms with Crippen molar-refractivity contribution < 1.29 is 22.7 Å². The van der Waals surface area contributed by atoms with Crippen LogP contribution in [-0.2, 0) is 14.6 Å². The topological polar surface area (TPSA) is 127 Å². The SMILES string of the molecule is COc1ccc2[nH]c(=S)[nH]c2c1S(=O)(=O)c1ccc(OCC(N)=O)cc1. The first kappa shape index (κ1) is 18.0. The lowest BCUT2D eigenvalue weighted by Crippen LogP contribution is -2.20. The van der Waals surface area contributed by atoms with Crippen LogP contribution >= 0.6 is 12.2 Å². The van der Waals surface area contributed by atoms with Crippen LogP contribution in [0.25, 0.3) is 11.0 Å². The predicted octanol–water partition coefficient (Wildman–Crippen LogP) is 1.93. The molecular weight excluding hydrogens is 378 g/mol.